The van der Waals surface area contributed by atoms with E-state index in [1.54, 1.807) is 10.9 Å². The fourth-order valence-corrected chi connectivity index (χ4v) is 2.07. The summed E-state index contributed by atoms with van der Waals surface area (Å²) in [6.45, 7) is 4.61. The first-order chi connectivity index (χ1) is 9.13. The van der Waals surface area contributed by atoms with Crippen LogP contribution in [-0.4, -0.2) is 22.2 Å². The number of hydrogen-bond donors (Lipinski definition) is 1. The lowest BCUT2D eigenvalue weighted by Gasteiger charge is -2.06. The summed E-state index contributed by atoms with van der Waals surface area (Å²) in [5.74, 6) is -0.0669. The molecule has 2 aromatic rings. The first kappa shape index (κ1) is 13.8. The number of hydrogen-bond acceptors (Lipinski definition) is 2. The maximum atomic E-state index is 12.0. The average molecular weight is 322 g/mol. The first-order valence-electron chi connectivity index (χ1n) is 6.22. The van der Waals surface area contributed by atoms with E-state index < -0.39 is 0 Å². The minimum Gasteiger partial charge on any atom is -0.352 e. The Morgan fingerprint density at radius 3 is 2.68 bits per heavy atom. The molecule has 0 spiro atoms. The Labute approximate surface area is 120 Å². The van der Waals surface area contributed by atoms with Gasteiger partial charge in [0.1, 0.15) is 0 Å². The molecule has 0 bridgehead atoms. The summed E-state index contributed by atoms with van der Waals surface area (Å²) in [6, 6.07) is 7.82. The molecule has 0 saturated carbocycles. The molecule has 1 heterocycles. The molecule has 4 nitrogen and oxygen atoms in total. The average Bonchev–Trinajstić information content (AvgIpc) is 2.79. The molecule has 0 unspecified atom stereocenters. The van der Waals surface area contributed by atoms with Crippen molar-refractivity contribution in [3.8, 4) is 5.69 Å². The van der Waals surface area contributed by atoms with Gasteiger partial charge in [0.15, 0.2) is 0 Å². The summed E-state index contributed by atoms with van der Waals surface area (Å²) in [4.78, 5) is 12.0. The third-order valence-corrected chi connectivity index (χ3v) is 3.39. The Bertz CT molecular complexity index is 575. The molecule has 0 aliphatic carbocycles. The van der Waals surface area contributed by atoms with Gasteiger partial charge < -0.3 is 5.32 Å². The Balaban J connectivity index is 2.27. The van der Waals surface area contributed by atoms with E-state index in [4.69, 9.17) is 0 Å². The van der Waals surface area contributed by atoms with Gasteiger partial charge in [0.25, 0.3) is 5.91 Å². The van der Waals surface area contributed by atoms with Gasteiger partial charge in [0, 0.05) is 11.0 Å². The van der Waals surface area contributed by atoms with Crippen LogP contribution in [0.25, 0.3) is 5.69 Å². The number of amides is 1. The molecule has 19 heavy (non-hydrogen) atoms. The van der Waals surface area contributed by atoms with Crippen molar-refractivity contribution in [2.75, 3.05) is 6.54 Å². The summed E-state index contributed by atoms with van der Waals surface area (Å²) in [5.41, 5.74) is 2.41. The number of nitrogens with zero attached hydrogens (tertiary/aromatic N) is 2. The van der Waals surface area contributed by atoms with Crippen LogP contribution in [0.15, 0.2) is 34.9 Å². The summed E-state index contributed by atoms with van der Waals surface area (Å²) < 4.78 is 2.79. The molecule has 2 rings (SSSR count). The van der Waals surface area contributed by atoms with Crippen LogP contribution in [0.4, 0.5) is 0 Å². The third kappa shape index (κ3) is 3.04. The highest BCUT2D eigenvalue weighted by molar-refractivity contribution is 9.10. The van der Waals surface area contributed by atoms with Crippen molar-refractivity contribution in [1.82, 2.24) is 15.1 Å². The number of aromatic nitrogens is 2. The molecule has 0 aliphatic heterocycles. The van der Waals surface area contributed by atoms with Crippen LogP contribution < -0.4 is 5.32 Å². The van der Waals surface area contributed by atoms with Crippen LogP contribution in [0, 0.1) is 6.92 Å². The minimum absolute atomic E-state index is 0.0669. The van der Waals surface area contributed by atoms with Gasteiger partial charge in [-0.05, 0) is 37.6 Å². The lowest BCUT2D eigenvalue weighted by Crippen LogP contribution is -2.24. The smallest absolute Gasteiger partial charge is 0.254 e. The molecule has 1 amide bonds. The molecule has 100 valence electrons. The number of nitrogens with one attached hydrogen (secondary N) is 1. The van der Waals surface area contributed by atoms with Crippen molar-refractivity contribution in [3.05, 3.63) is 46.2 Å². The zero-order valence-corrected chi connectivity index (χ0v) is 12.6. The second-order valence-corrected chi connectivity index (χ2v) is 5.20. The zero-order chi connectivity index (χ0) is 13.8. The largest absolute Gasteiger partial charge is 0.352 e. The van der Waals surface area contributed by atoms with Gasteiger partial charge in [0.2, 0.25) is 0 Å². The van der Waals surface area contributed by atoms with Crippen molar-refractivity contribution >= 4 is 21.8 Å². The molecule has 0 radical (unpaired) electrons. The van der Waals surface area contributed by atoms with Gasteiger partial charge in [-0.3, -0.25) is 4.79 Å². The van der Waals surface area contributed by atoms with Gasteiger partial charge in [0.05, 0.1) is 23.1 Å². The predicted molar refractivity (Wildman–Crippen MR) is 78.6 cm³/mol. The highest BCUT2D eigenvalue weighted by Crippen LogP contribution is 2.17. The number of benzene rings is 1. The molecule has 1 aromatic carbocycles. The fourth-order valence-electron chi connectivity index (χ4n) is 1.81. The lowest BCUT2D eigenvalue weighted by atomic mass is 10.2. The normalized spacial score (nSPS) is 10.5. The third-order valence-electron chi connectivity index (χ3n) is 2.86. The quantitative estimate of drug-likeness (QED) is 0.940. The molecule has 0 atom stereocenters. The highest BCUT2D eigenvalue weighted by Gasteiger charge is 2.14. The molecule has 1 aromatic heterocycles. The van der Waals surface area contributed by atoms with E-state index in [-0.39, 0.29) is 5.91 Å². The Kier molecular flexibility index (Phi) is 4.37. The van der Waals surface area contributed by atoms with E-state index in [0.29, 0.717) is 12.1 Å². The Morgan fingerprint density at radius 2 is 2.05 bits per heavy atom. The van der Waals surface area contributed by atoms with Crippen LogP contribution in [0.2, 0.25) is 0 Å². The zero-order valence-electron chi connectivity index (χ0n) is 11.0. The SMILES string of the molecule is CCCNC(=O)c1cnn(-c2ccc(Br)cc2)c1C. The van der Waals surface area contributed by atoms with Gasteiger partial charge in [-0.1, -0.05) is 22.9 Å². The van der Waals surface area contributed by atoms with E-state index in [1.807, 2.05) is 38.1 Å². The van der Waals surface area contributed by atoms with E-state index in [9.17, 15) is 4.79 Å². The number of carbonyl (C=O) groups excluding carboxylic acids is 1. The summed E-state index contributed by atoms with van der Waals surface area (Å²) in [7, 11) is 0. The van der Waals surface area contributed by atoms with Crippen LogP contribution in [0.3, 0.4) is 0 Å². The van der Waals surface area contributed by atoms with Crippen molar-refractivity contribution in [1.29, 1.82) is 0 Å². The van der Waals surface area contributed by atoms with E-state index in [1.165, 1.54) is 0 Å². The second kappa shape index (κ2) is 6.02. The van der Waals surface area contributed by atoms with Crippen molar-refractivity contribution < 1.29 is 4.79 Å². The highest BCUT2D eigenvalue weighted by atomic mass is 79.9. The molecule has 0 saturated heterocycles. The lowest BCUT2D eigenvalue weighted by molar-refractivity contribution is 0.0953. The van der Waals surface area contributed by atoms with E-state index >= 15 is 0 Å². The maximum Gasteiger partial charge on any atom is 0.254 e. The monoisotopic (exact) mass is 321 g/mol. The molecule has 0 fully saturated rings. The van der Waals surface area contributed by atoms with Gasteiger partial charge in [-0.15, -0.1) is 0 Å². The summed E-state index contributed by atoms with van der Waals surface area (Å²) in [6.07, 6.45) is 2.54. The van der Waals surface area contributed by atoms with Crippen molar-refractivity contribution in [3.63, 3.8) is 0 Å². The maximum absolute atomic E-state index is 12.0. The summed E-state index contributed by atoms with van der Waals surface area (Å²) >= 11 is 3.40. The number of halogens is 1. The van der Waals surface area contributed by atoms with Gasteiger partial charge >= 0.3 is 0 Å². The molecule has 0 aliphatic rings. The molecule has 1 N–H and O–H groups in total. The van der Waals surface area contributed by atoms with Crippen LogP contribution in [0.5, 0.6) is 0 Å². The Hall–Kier alpha value is -1.62. The first-order valence-corrected chi connectivity index (χ1v) is 7.01. The van der Waals surface area contributed by atoms with Crippen LogP contribution in [-0.2, 0) is 0 Å². The van der Waals surface area contributed by atoms with Crippen LogP contribution >= 0.6 is 15.9 Å². The minimum atomic E-state index is -0.0669. The standard InChI is InChI=1S/C14H16BrN3O/c1-3-8-16-14(19)13-9-17-18(10(13)2)12-6-4-11(15)5-7-12/h4-7,9H,3,8H2,1-2H3,(H,16,19). The van der Waals surface area contributed by atoms with Gasteiger partial charge in [-0.2, -0.15) is 5.10 Å². The fraction of sp³-hybridized carbons (Fsp3) is 0.286. The number of rotatable bonds is 4. The summed E-state index contributed by atoms with van der Waals surface area (Å²) in [5, 5.41) is 7.15. The number of carbonyl (C=O) groups is 1. The van der Waals surface area contributed by atoms with Gasteiger partial charge in [-0.25, -0.2) is 4.68 Å². The molecule has 5 heteroatoms. The second-order valence-electron chi connectivity index (χ2n) is 4.29. The Morgan fingerprint density at radius 1 is 1.37 bits per heavy atom. The predicted octanol–water partition coefficient (Wildman–Crippen LogP) is 3.08. The van der Waals surface area contributed by atoms with Crippen molar-refractivity contribution in [2.45, 2.75) is 20.3 Å². The van der Waals surface area contributed by atoms with E-state index in [2.05, 4.69) is 26.3 Å². The van der Waals surface area contributed by atoms with E-state index in [0.717, 1.165) is 22.3 Å². The van der Waals surface area contributed by atoms with Crippen LogP contribution in [0.1, 0.15) is 29.4 Å². The molecular weight excluding hydrogens is 306 g/mol. The van der Waals surface area contributed by atoms with Crippen molar-refractivity contribution in [2.24, 2.45) is 0 Å². The molecular formula is C14H16BrN3O. The topological polar surface area (TPSA) is 46.9 Å².